The minimum Gasteiger partial charge on any atom is -0.320 e. The Morgan fingerprint density at radius 2 is 1.52 bits per heavy atom. The van der Waals surface area contributed by atoms with E-state index in [0.29, 0.717) is 10.0 Å². The van der Waals surface area contributed by atoms with Crippen LogP contribution in [-0.2, 0) is 4.79 Å². The molecular formula is C15H10BrF3N2O2. The topological polar surface area (TPSA) is 58.2 Å². The molecule has 0 aliphatic heterocycles. The summed E-state index contributed by atoms with van der Waals surface area (Å²) in [6, 6.07) is 12.1. The highest BCUT2D eigenvalue weighted by molar-refractivity contribution is 9.10. The van der Waals surface area contributed by atoms with Gasteiger partial charge in [0.2, 0.25) is 0 Å². The van der Waals surface area contributed by atoms with Crippen LogP contribution < -0.4 is 10.6 Å². The van der Waals surface area contributed by atoms with Gasteiger partial charge in [-0.15, -0.1) is 0 Å². The molecule has 0 heterocycles. The van der Waals surface area contributed by atoms with E-state index in [2.05, 4.69) is 21.2 Å². The van der Waals surface area contributed by atoms with E-state index in [0.717, 1.165) is 0 Å². The first-order chi connectivity index (χ1) is 10.8. The fourth-order valence-electron chi connectivity index (χ4n) is 1.72. The minimum atomic E-state index is -5.01. The maximum absolute atomic E-state index is 12.3. The van der Waals surface area contributed by atoms with Gasteiger partial charge >= 0.3 is 12.1 Å². The summed E-state index contributed by atoms with van der Waals surface area (Å²) in [4.78, 5) is 23.2. The summed E-state index contributed by atoms with van der Waals surface area (Å²) < 4.78 is 37.7. The molecule has 0 fully saturated rings. The third-order valence-corrected chi connectivity index (χ3v) is 3.26. The lowest BCUT2D eigenvalue weighted by Crippen LogP contribution is -2.30. The van der Waals surface area contributed by atoms with E-state index in [4.69, 9.17) is 0 Å². The van der Waals surface area contributed by atoms with Crippen molar-refractivity contribution in [3.8, 4) is 0 Å². The highest BCUT2D eigenvalue weighted by atomic mass is 79.9. The molecule has 2 rings (SSSR count). The van der Waals surface area contributed by atoms with Crippen molar-refractivity contribution in [2.45, 2.75) is 6.18 Å². The summed E-state index contributed by atoms with van der Waals surface area (Å²) in [5, 5.41) is 4.20. The zero-order valence-corrected chi connectivity index (χ0v) is 13.0. The van der Waals surface area contributed by atoms with Crippen molar-refractivity contribution in [3.63, 3.8) is 0 Å². The normalized spacial score (nSPS) is 11.0. The van der Waals surface area contributed by atoms with Crippen LogP contribution in [0.5, 0.6) is 0 Å². The summed E-state index contributed by atoms with van der Waals surface area (Å²) in [6.07, 6.45) is -5.01. The second-order valence-corrected chi connectivity index (χ2v) is 5.38. The van der Waals surface area contributed by atoms with E-state index in [-0.39, 0.29) is 11.4 Å². The Balaban J connectivity index is 2.21. The summed E-state index contributed by atoms with van der Waals surface area (Å²) in [6.45, 7) is 0. The molecule has 8 heteroatoms. The molecule has 0 saturated heterocycles. The number of rotatable bonds is 3. The Bertz CT molecular complexity index is 747. The molecule has 2 amide bonds. The molecule has 2 aromatic rings. The molecule has 120 valence electrons. The molecule has 2 aromatic carbocycles. The van der Waals surface area contributed by atoms with E-state index in [1.54, 1.807) is 29.6 Å². The molecule has 0 unspecified atom stereocenters. The zero-order chi connectivity index (χ0) is 17.0. The number of alkyl halides is 3. The van der Waals surface area contributed by atoms with Crippen LogP contribution in [0.2, 0.25) is 0 Å². The fourth-order valence-corrected chi connectivity index (χ4v) is 2.12. The molecule has 2 N–H and O–H groups in total. The number of anilines is 2. The van der Waals surface area contributed by atoms with Gasteiger partial charge in [0.1, 0.15) is 0 Å². The number of nitrogens with one attached hydrogen (secondary N) is 2. The minimum absolute atomic E-state index is 0.0649. The van der Waals surface area contributed by atoms with Crippen molar-refractivity contribution < 1.29 is 22.8 Å². The SMILES string of the molecule is O=C(Nc1ccccc1NC(=O)C(F)(F)F)c1cccc(Br)c1. The molecule has 4 nitrogen and oxygen atoms in total. The number of amides is 2. The molecule has 0 bridgehead atoms. The van der Waals surface area contributed by atoms with Gasteiger partial charge in [-0.1, -0.05) is 34.1 Å². The van der Waals surface area contributed by atoms with Gasteiger partial charge in [-0.05, 0) is 30.3 Å². The lowest BCUT2D eigenvalue weighted by Gasteiger charge is -2.13. The van der Waals surface area contributed by atoms with Gasteiger partial charge in [-0.3, -0.25) is 9.59 Å². The largest absolute Gasteiger partial charge is 0.471 e. The number of hydrogen-bond donors (Lipinski definition) is 2. The van der Waals surface area contributed by atoms with Crippen LogP contribution in [-0.4, -0.2) is 18.0 Å². The maximum Gasteiger partial charge on any atom is 0.471 e. The molecule has 0 spiro atoms. The fraction of sp³-hybridized carbons (Fsp3) is 0.0667. The average molecular weight is 387 g/mol. The highest BCUT2D eigenvalue weighted by Crippen LogP contribution is 2.25. The smallest absolute Gasteiger partial charge is 0.320 e. The zero-order valence-electron chi connectivity index (χ0n) is 11.4. The Morgan fingerprint density at radius 3 is 2.09 bits per heavy atom. The number of carbonyl (C=O) groups is 2. The van der Waals surface area contributed by atoms with Gasteiger partial charge in [0.15, 0.2) is 0 Å². The monoisotopic (exact) mass is 386 g/mol. The summed E-state index contributed by atoms with van der Waals surface area (Å²) >= 11 is 3.22. The van der Waals surface area contributed by atoms with Crippen molar-refractivity contribution >= 4 is 39.1 Å². The van der Waals surface area contributed by atoms with Gasteiger partial charge in [-0.25, -0.2) is 0 Å². The molecule has 0 radical (unpaired) electrons. The predicted octanol–water partition coefficient (Wildman–Crippen LogP) is 4.20. The lowest BCUT2D eigenvalue weighted by atomic mass is 10.2. The summed E-state index contributed by atoms with van der Waals surface area (Å²) in [7, 11) is 0. The van der Waals surface area contributed by atoms with Crippen molar-refractivity contribution in [1.29, 1.82) is 0 Å². The first kappa shape index (κ1) is 17.0. The first-order valence-electron chi connectivity index (χ1n) is 6.31. The first-order valence-corrected chi connectivity index (χ1v) is 7.11. The Labute approximate surface area is 137 Å². The summed E-state index contributed by atoms with van der Waals surface area (Å²) in [5.74, 6) is -2.62. The van der Waals surface area contributed by atoms with Crippen molar-refractivity contribution in [2.24, 2.45) is 0 Å². The Kier molecular flexibility index (Phi) is 5.05. The lowest BCUT2D eigenvalue weighted by molar-refractivity contribution is -0.167. The molecule has 0 aromatic heterocycles. The third kappa shape index (κ3) is 4.56. The van der Waals surface area contributed by atoms with Crippen molar-refractivity contribution in [1.82, 2.24) is 0 Å². The number of para-hydroxylation sites is 2. The van der Waals surface area contributed by atoms with Gasteiger partial charge in [0.25, 0.3) is 5.91 Å². The van der Waals surface area contributed by atoms with Crippen LogP contribution in [0.1, 0.15) is 10.4 Å². The Morgan fingerprint density at radius 1 is 0.913 bits per heavy atom. The predicted molar refractivity (Wildman–Crippen MR) is 83.2 cm³/mol. The third-order valence-electron chi connectivity index (χ3n) is 2.77. The van der Waals surface area contributed by atoms with Crippen LogP contribution in [0, 0.1) is 0 Å². The molecule has 23 heavy (non-hydrogen) atoms. The number of hydrogen-bond acceptors (Lipinski definition) is 2. The second-order valence-electron chi connectivity index (χ2n) is 4.46. The Hall–Kier alpha value is -2.35. The van der Waals surface area contributed by atoms with Gasteiger partial charge < -0.3 is 10.6 Å². The van der Waals surface area contributed by atoms with Crippen LogP contribution in [0.15, 0.2) is 53.0 Å². The molecular weight excluding hydrogens is 377 g/mol. The van der Waals surface area contributed by atoms with E-state index < -0.39 is 18.0 Å². The van der Waals surface area contributed by atoms with Crippen molar-refractivity contribution in [3.05, 3.63) is 58.6 Å². The van der Waals surface area contributed by atoms with Gasteiger partial charge in [0, 0.05) is 10.0 Å². The average Bonchev–Trinajstić information content (AvgIpc) is 2.48. The summed E-state index contributed by atoms with van der Waals surface area (Å²) in [5.41, 5.74) is 0.240. The van der Waals surface area contributed by atoms with E-state index in [1.165, 1.54) is 24.3 Å². The quantitative estimate of drug-likeness (QED) is 0.830. The van der Waals surface area contributed by atoms with Crippen LogP contribution >= 0.6 is 15.9 Å². The van der Waals surface area contributed by atoms with Gasteiger partial charge in [-0.2, -0.15) is 13.2 Å². The van der Waals surface area contributed by atoms with E-state index in [9.17, 15) is 22.8 Å². The second kappa shape index (κ2) is 6.82. The standard InChI is InChI=1S/C15H10BrF3N2O2/c16-10-5-3-4-9(8-10)13(22)20-11-6-1-2-7-12(11)21-14(23)15(17,18)19/h1-8H,(H,20,22)(H,21,23). The number of carbonyl (C=O) groups excluding carboxylic acids is 2. The highest BCUT2D eigenvalue weighted by Gasteiger charge is 2.39. The molecule has 0 aliphatic rings. The van der Waals surface area contributed by atoms with Crippen LogP contribution in [0.3, 0.4) is 0 Å². The molecule has 0 atom stereocenters. The molecule has 0 aliphatic carbocycles. The number of halogens is 4. The van der Waals surface area contributed by atoms with E-state index >= 15 is 0 Å². The number of benzene rings is 2. The molecule has 0 saturated carbocycles. The maximum atomic E-state index is 12.3. The van der Waals surface area contributed by atoms with Crippen LogP contribution in [0.4, 0.5) is 24.5 Å². The van der Waals surface area contributed by atoms with Gasteiger partial charge in [0.05, 0.1) is 11.4 Å². The van der Waals surface area contributed by atoms with E-state index in [1.807, 2.05) is 0 Å². The van der Waals surface area contributed by atoms with Crippen LogP contribution in [0.25, 0.3) is 0 Å². The van der Waals surface area contributed by atoms with Crippen molar-refractivity contribution in [2.75, 3.05) is 10.6 Å².